The molecule has 23 heavy (non-hydrogen) atoms. The molecule has 0 atom stereocenters. The topological polar surface area (TPSA) is 50.8 Å². The smallest absolute Gasteiger partial charge is 0.251 e. The Morgan fingerprint density at radius 1 is 1.39 bits per heavy atom. The number of hydrogen-bond donors (Lipinski definition) is 1. The van der Waals surface area contributed by atoms with E-state index in [1.807, 2.05) is 19.1 Å². The van der Waals surface area contributed by atoms with E-state index in [2.05, 4.69) is 23.3 Å². The van der Waals surface area contributed by atoms with Gasteiger partial charge in [-0.05, 0) is 44.0 Å². The van der Waals surface area contributed by atoms with Crippen LogP contribution >= 0.6 is 0 Å². The maximum absolute atomic E-state index is 12.3. The summed E-state index contributed by atoms with van der Waals surface area (Å²) in [6.07, 6.45) is 2.15. The molecule has 0 radical (unpaired) electrons. The molecule has 0 saturated carbocycles. The van der Waals surface area contributed by atoms with Crippen molar-refractivity contribution in [2.24, 2.45) is 0 Å². The standard InChI is InChI=1S/C18H28N2O3/c1-14-4-5-15(12-17(14)18(21)19-8-11-22-3)13-20(2)16-6-9-23-10-7-16/h4-5,12,16H,6-11,13H2,1-3H3,(H,19,21). The summed E-state index contributed by atoms with van der Waals surface area (Å²) >= 11 is 0. The number of carbonyl (C=O) groups is 1. The normalized spacial score (nSPS) is 15.8. The third kappa shape index (κ3) is 5.30. The van der Waals surface area contributed by atoms with Gasteiger partial charge in [0.15, 0.2) is 0 Å². The van der Waals surface area contributed by atoms with Crippen molar-refractivity contribution >= 4 is 5.91 Å². The second-order valence-corrected chi connectivity index (χ2v) is 6.16. The van der Waals surface area contributed by atoms with Gasteiger partial charge in [-0.2, -0.15) is 0 Å². The molecule has 0 aromatic heterocycles. The van der Waals surface area contributed by atoms with Crippen LogP contribution in [0.1, 0.15) is 34.3 Å². The van der Waals surface area contributed by atoms with E-state index in [4.69, 9.17) is 9.47 Å². The van der Waals surface area contributed by atoms with Gasteiger partial charge in [0.05, 0.1) is 6.61 Å². The lowest BCUT2D eigenvalue weighted by molar-refractivity contribution is 0.0407. The molecule has 1 fully saturated rings. The number of hydrogen-bond acceptors (Lipinski definition) is 4. The lowest BCUT2D eigenvalue weighted by Gasteiger charge is -2.31. The minimum Gasteiger partial charge on any atom is -0.383 e. The highest BCUT2D eigenvalue weighted by Crippen LogP contribution is 2.18. The third-order valence-electron chi connectivity index (χ3n) is 4.38. The molecule has 128 valence electrons. The summed E-state index contributed by atoms with van der Waals surface area (Å²) in [7, 11) is 3.78. The Balaban J connectivity index is 1.99. The van der Waals surface area contributed by atoms with Gasteiger partial charge in [0, 0.05) is 45.0 Å². The third-order valence-corrected chi connectivity index (χ3v) is 4.38. The minimum atomic E-state index is -0.0323. The Kier molecular flexibility index (Phi) is 7.02. The predicted octanol–water partition coefficient (Wildman–Crippen LogP) is 1.98. The monoisotopic (exact) mass is 320 g/mol. The molecule has 1 amide bonds. The first-order valence-corrected chi connectivity index (χ1v) is 8.26. The molecule has 5 nitrogen and oxygen atoms in total. The minimum absolute atomic E-state index is 0.0323. The molecule has 1 heterocycles. The van der Waals surface area contributed by atoms with Crippen LogP contribution in [-0.2, 0) is 16.0 Å². The van der Waals surface area contributed by atoms with E-state index >= 15 is 0 Å². The fourth-order valence-electron chi connectivity index (χ4n) is 2.92. The van der Waals surface area contributed by atoms with Crippen LogP contribution in [0.2, 0.25) is 0 Å². The molecule has 1 aromatic rings. The van der Waals surface area contributed by atoms with E-state index in [1.54, 1.807) is 7.11 Å². The fraction of sp³-hybridized carbons (Fsp3) is 0.611. The van der Waals surface area contributed by atoms with Crippen molar-refractivity contribution in [3.05, 3.63) is 34.9 Å². The van der Waals surface area contributed by atoms with Gasteiger partial charge in [-0.15, -0.1) is 0 Å². The summed E-state index contributed by atoms with van der Waals surface area (Å²) in [5.41, 5.74) is 2.91. The molecular weight excluding hydrogens is 292 g/mol. The van der Waals surface area contributed by atoms with Crippen molar-refractivity contribution in [2.45, 2.75) is 32.4 Å². The highest BCUT2D eigenvalue weighted by Gasteiger charge is 2.19. The summed E-state index contributed by atoms with van der Waals surface area (Å²) in [6.45, 7) is 5.56. The van der Waals surface area contributed by atoms with Crippen molar-refractivity contribution in [1.82, 2.24) is 10.2 Å². The maximum Gasteiger partial charge on any atom is 0.251 e. The van der Waals surface area contributed by atoms with Crippen LogP contribution in [0, 0.1) is 6.92 Å². The number of aryl methyl sites for hydroxylation is 1. The quantitative estimate of drug-likeness (QED) is 0.781. The van der Waals surface area contributed by atoms with Crippen molar-refractivity contribution in [2.75, 3.05) is 40.5 Å². The number of benzene rings is 1. The van der Waals surface area contributed by atoms with Gasteiger partial charge in [-0.1, -0.05) is 12.1 Å². The van der Waals surface area contributed by atoms with Crippen LogP contribution in [0.15, 0.2) is 18.2 Å². The Morgan fingerprint density at radius 2 is 2.13 bits per heavy atom. The molecule has 0 aliphatic carbocycles. The van der Waals surface area contributed by atoms with Gasteiger partial charge in [-0.3, -0.25) is 9.69 Å². The molecule has 1 N–H and O–H groups in total. The van der Waals surface area contributed by atoms with Crippen LogP contribution in [0.4, 0.5) is 0 Å². The molecular formula is C18H28N2O3. The first-order valence-electron chi connectivity index (χ1n) is 8.26. The largest absolute Gasteiger partial charge is 0.383 e. The molecule has 0 bridgehead atoms. The summed E-state index contributed by atoms with van der Waals surface area (Å²) in [4.78, 5) is 14.6. The van der Waals surface area contributed by atoms with Gasteiger partial charge in [-0.25, -0.2) is 0 Å². The zero-order valence-corrected chi connectivity index (χ0v) is 14.4. The molecule has 5 heteroatoms. The average molecular weight is 320 g/mol. The number of rotatable bonds is 7. The Bertz CT molecular complexity index is 513. The number of ether oxygens (including phenoxy) is 2. The second-order valence-electron chi connectivity index (χ2n) is 6.16. The highest BCUT2D eigenvalue weighted by molar-refractivity contribution is 5.95. The predicted molar refractivity (Wildman–Crippen MR) is 90.7 cm³/mol. The molecule has 0 spiro atoms. The number of carbonyl (C=O) groups excluding carboxylic acids is 1. The number of methoxy groups -OCH3 is 1. The first-order chi connectivity index (χ1) is 11.1. The maximum atomic E-state index is 12.3. The summed E-state index contributed by atoms with van der Waals surface area (Å²) in [5.74, 6) is -0.0323. The van der Waals surface area contributed by atoms with Crippen LogP contribution in [0.25, 0.3) is 0 Å². The van der Waals surface area contributed by atoms with E-state index in [-0.39, 0.29) is 5.91 Å². The lowest BCUT2D eigenvalue weighted by atomic mass is 10.0. The van der Waals surface area contributed by atoms with Crippen molar-refractivity contribution in [1.29, 1.82) is 0 Å². The van der Waals surface area contributed by atoms with Gasteiger partial charge in [0.25, 0.3) is 5.91 Å². The SMILES string of the molecule is COCCNC(=O)c1cc(CN(C)C2CCOCC2)ccc1C. The molecule has 0 unspecified atom stereocenters. The summed E-state index contributed by atoms with van der Waals surface area (Å²) in [5, 5.41) is 2.89. The molecule has 1 aliphatic rings. The lowest BCUT2D eigenvalue weighted by Crippen LogP contribution is -2.36. The van der Waals surface area contributed by atoms with Crippen molar-refractivity contribution in [3.8, 4) is 0 Å². The summed E-state index contributed by atoms with van der Waals surface area (Å²) < 4.78 is 10.4. The van der Waals surface area contributed by atoms with E-state index in [1.165, 1.54) is 5.56 Å². The molecule has 1 aromatic carbocycles. The fourth-order valence-corrected chi connectivity index (χ4v) is 2.92. The average Bonchev–Trinajstić information content (AvgIpc) is 2.57. The Morgan fingerprint density at radius 3 is 2.83 bits per heavy atom. The van der Waals surface area contributed by atoms with E-state index in [0.717, 1.165) is 43.7 Å². The first kappa shape index (κ1) is 17.9. The van der Waals surface area contributed by atoms with Crippen LogP contribution in [0.5, 0.6) is 0 Å². The molecule has 2 rings (SSSR count). The van der Waals surface area contributed by atoms with Crippen molar-refractivity contribution < 1.29 is 14.3 Å². The van der Waals surface area contributed by atoms with Gasteiger partial charge < -0.3 is 14.8 Å². The Hall–Kier alpha value is -1.43. The zero-order valence-electron chi connectivity index (χ0n) is 14.4. The zero-order chi connectivity index (χ0) is 16.7. The van der Waals surface area contributed by atoms with Crippen molar-refractivity contribution in [3.63, 3.8) is 0 Å². The number of amides is 1. The summed E-state index contributed by atoms with van der Waals surface area (Å²) in [6, 6.07) is 6.70. The molecule has 1 saturated heterocycles. The van der Waals surface area contributed by atoms with E-state index in [0.29, 0.717) is 19.2 Å². The van der Waals surface area contributed by atoms with Crippen LogP contribution < -0.4 is 5.32 Å². The van der Waals surface area contributed by atoms with Crippen LogP contribution in [0.3, 0.4) is 0 Å². The van der Waals surface area contributed by atoms with Gasteiger partial charge >= 0.3 is 0 Å². The second kappa shape index (κ2) is 9.01. The van der Waals surface area contributed by atoms with Gasteiger partial charge in [0.1, 0.15) is 0 Å². The van der Waals surface area contributed by atoms with Crippen LogP contribution in [-0.4, -0.2) is 57.4 Å². The highest BCUT2D eigenvalue weighted by atomic mass is 16.5. The van der Waals surface area contributed by atoms with E-state index < -0.39 is 0 Å². The Labute approximate surface area is 139 Å². The van der Waals surface area contributed by atoms with E-state index in [9.17, 15) is 4.79 Å². The number of nitrogens with one attached hydrogen (secondary N) is 1. The van der Waals surface area contributed by atoms with Gasteiger partial charge in [0.2, 0.25) is 0 Å². The molecule has 1 aliphatic heterocycles. The number of nitrogens with zero attached hydrogens (tertiary/aromatic N) is 1.